The molecule has 1 N–H and O–H groups in total. The maximum Gasteiger partial charge on any atom is 0.510 e. The van der Waals surface area contributed by atoms with Crippen LogP contribution in [0.1, 0.15) is 46.5 Å². The number of piperidine rings is 2. The van der Waals surface area contributed by atoms with E-state index in [9.17, 15) is 4.79 Å². The Morgan fingerprint density at radius 1 is 1.19 bits per heavy atom. The van der Waals surface area contributed by atoms with Gasteiger partial charge in [0.15, 0.2) is 6.23 Å². The average molecular weight is 227 g/mol. The molecule has 0 aromatic carbocycles. The second kappa shape index (κ2) is 4.24. The SMILES string of the molecule is CC(C)(C)OC(=O)OC1NC2CCC1CC2. The van der Waals surface area contributed by atoms with Crippen LogP contribution in [0.5, 0.6) is 0 Å². The number of ether oxygens (including phenoxy) is 2. The fraction of sp³-hybridized carbons (Fsp3) is 0.917. The van der Waals surface area contributed by atoms with Crippen molar-refractivity contribution in [2.75, 3.05) is 0 Å². The predicted octanol–water partition coefficient (Wildman–Crippen LogP) is 2.43. The van der Waals surface area contributed by atoms with Gasteiger partial charge in [0.25, 0.3) is 0 Å². The predicted molar refractivity (Wildman–Crippen MR) is 60.0 cm³/mol. The molecule has 0 radical (unpaired) electrons. The highest BCUT2D eigenvalue weighted by Gasteiger charge is 2.38. The molecule has 1 aliphatic carbocycles. The second-order valence-electron chi connectivity index (χ2n) is 5.78. The lowest BCUT2D eigenvalue weighted by Crippen LogP contribution is -2.54. The van der Waals surface area contributed by atoms with Gasteiger partial charge in [-0.15, -0.1) is 0 Å². The van der Waals surface area contributed by atoms with E-state index < -0.39 is 11.8 Å². The summed E-state index contributed by atoms with van der Waals surface area (Å²) in [7, 11) is 0. The largest absolute Gasteiger partial charge is 0.510 e. The second-order valence-corrected chi connectivity index (χ2v) is 5.78. The maximum atomic E-state index is 11.5. The van der Waals surface area contributed by atoms with Gasteiger partial charge in [-0.2, -0.15) is 0 Å². The first-order chi connectivity index (χ1) is 7.44. The lowest BCUT2D eigenvalue weighted by molar-refractivity contribution is -0.0746. The van der Waals surface area contributed by atoms with Gasteiger partial charge < -0.3 is 9.47 Å². The summed E-state index contributed by atoms with van der Waals surface area (Å²) in [5, 5.41) is 3.35. The van der Waals surface area contributed by atoms with E-state index in [4.69, 9.17) is 9.47 Å². The number of rotatable bonds is 1. The number of carbonyl (C=O) groups excluding carboxylic acids is 1. The van der Waals surface area contributed by atoms with Gasteiger partial charge in [0, 0.05) is 12.0 Å². The van der Waals surface area contributed by atoms with Crippen LogP contribution < -0.4 is 5.32 Å². The minimum atomic E-state index is -0.558. The van der Waals surface area contributed by atoms with Gasteiger partial charge >= 0.3 is 6.16 Å². The molecule has 3 fully saturated rings. The number of nitrogens with one attached hydrogen (secondary N) is 1. The summed E-state index contributed by atoms with van der Waals surface area (Å²) in [6.45, 7) is 5.53. The van der Waals surface area contributed by atoms with Crippen LogP contribution in [-0.2, 0) is 9.47 Å². The first-order valence-electron chi connectivity index (χ1n) is 6.10. The molecule has 92 valence electrons. The first kappa shape index (κ1) is 11.7. The van der Waals surface area contributed by atoms with E-state index >= 15 is 0 Å². The summed E-state index contributed by atoms with van der Waals surface area (Å²) in [6, 6.07) is 0.525. The van der Waals surface area contributed by atoms with E-state index in [1.54, 1.807) is 0 Å². The molecule has 0 amide bonds. The van der Waals surface area contributed by atoms with Crippen molar-refractivity contribution >= 4 is 6.16 Å². The van der Waals surface area contributed by atoms with Crippen molar-refractivity contribution in [2.24, 2.45) is 5.92 Å². The minimum Gasteiger partial charge on any atom is -0.429 e. The molecule has 16 heavy (non-hydrogen) atoms. The van der Waals surface area contributed by atoms with E-state index in [2.05, 4.69) is 5.32 Å². The van der Waals surface area contributed by atoms with Crippen LogP contribution in [0.4, 0.5) is 4.79 Å². The lowest BCUT2D eigenvalue weighted by atomic mass is 9.80. The molecular formula is C12H21NO3. The van der Waals surface area contributed by atoms with Crippen LogP contribution in [0.15, 0.2) is 0 Å². The molecule has 2 heterocycles. The molecule has 3 aliphatic rings. The fourth-order valence-corrected chi connectivity index (χ4v) is 2.46. The minimum absolute atomic E-state index is 0.137. The van der Waals surface area contributed by atoms with Crippen molar-refractivity contribution in [2.45, 2.75) is 64.3 Å². The van der Waals surface area contributed by atoms with Crippen LogP contribution in [0, 0.1) is 5.92 Å². The van der Waals surface area contributed by atoms with Gasteiger partial charge in [-0.05, 0) is 46.5 Å². The summed E-state index contributed by atoms with van der Waals surface area (Å²) in [6.07, 6.45) is 4.04. The van der Waals surface area contributed by atoms with E-state index in [1.165, 1.54) is 12.8 Å². The van der Waals surface area contributed by atoms with Crippen LogP contribution in [0.3, 0.4) is 0 Å². The van der Waals surface area contributed by atoms with Crippen molar-refractivity contribution in [3.05, 3.63) is 0 Å². The summed E-state index contributed by atoms with van der Waals surface area (Å²) < 4.78 is 10.5. The molecule has 1 saturated carbocycles. The summed E-state index contributed by atoms with van der Waals surface area (Å²) in [5.74, 6) is 0.470. The van der Waals surface area contributed by atoms with Gasteiger partial charge in [-0.25, -0.2) is 4.79 Å². The molecule has 0 spiro atoms. The molecule has 3 rings (SSSR count). The quantitative estimate of drug-likeness (QED) is 0.699. The monoisotopic (exact) mass is 227 g/mol. The summed E-state index contributed by atoms with van der Waals surface area (Å²) >= 11 is 0. The van der Waals surface area contributed by atoms with Crippen LogP contribution in [0.2, 0.25) is 0 Å². The molecule has 2 aliphatic heterocycles. The van der Waals surface area contributed by atoms with Crippen LogP contribution in [0.25, 0.3) is 0 Å². The molecule has 0 aromatic heterocycles. The van der Waals surface area contributed by atoms with Gasteiger partial charge in [-0.3, -0.25) is 5.32 Å². The van der Waals surface area contributed by atoms with Crippen molar-refractivity contribution in [3.8, 4) is 0 Å². The van der Waals surface area contributed by atoms with Crippen LogP contribution in [-0.4, -0.2) is 24.0 Å². The zero-order valence-corrected chi connectivity index (χ0v) is 10.3. The highest BCUT2D eigenvalue weighted by atomic mass is 16.7. The van der Waals surface area contributed by atoms with Gasteiger partial charge in [-0.1, -0.05) is 0 Å². The Hall–Kier alpha value is -0.770. The van der Waals surface area contributed by atoms with E-state index in [-0.39, 0.29) is 6.23 Å². The highest BCUT2D eigenvalue weighted by molar-refractivity contribution is 5.60. The third kappa shape index (κ3) is 2.88. The third-order valence-corrected chi connectivity index (χ3v) is 3.21. The zero-order valence-electron chi connectivity index (χ0n) is 10.3. The molecule has 1 unspecified atom stereocenters. The third-order valence-electron chi connectivity index (χ3n) is 3.21. The number of fused-ring (bicyclic) bond motifs is 3. The fourth-order valence-electron chi connectivity index (χ4n) is 2.46. The topological polar surface area (TPSA) is 47.6 Å². The maximum absolute atomic E-state index is 11.5. The Morgan fingerprint density at radius 2 is 1.81 bits per heavy atom. The molecule has 0 aromatic rings. The van der Waals surface area contributed by atoms with E-state index in [1.807, 2.05) is 20.8 Å². The zero-order chi connectivity index (χ0) is 11.8. The Morgan fingerprint density at radius 3 is 2.25 bits per heavy atom. The summed E-state index contributed by atoms with van der Waals surface area (Å²) in [5.41, 5.74) is -0.481. The Balaban J connectivity index is 1.83. The number of hydrogen-bond acceptors (Lipinski definition) is 4. The summed E-state index contributed by atoms with van der Waals surface area (Å²) in [4.78, 5) is 11.5. The smallest absolute Gasteiger partial charge is 0.429 e. The Labute approximate surface area is 96.7 Å². The molecule has 2 bridgehead atoms. The molecule has 2 saturated heterocycles. The van der Waals surface area contributed by atoms with E-state index in [0.29, 0.717) is 12.0 Å². The van der Waals surface area contributed by atoms with Crippen molar-refractivity contribution in [1.29, 1.82) is 0 Å². The van der Waals surface area contributed by atoms with Crippen LogP contribution >= 0.6 is 0 Å². The Bertz CT molecular complexity index is 264. The standard InChI is InChI=1S/C12H21NO3/c1-12(2,3)16-11(14)15-10-8-4-6-9(13-10)7-5-8/h8-10,13H,4-7H2,1-3H3. The van der Waals surface area contributed by atoms with Gasteiger partial charge in [0.05, 0.1) is 0 Å². The van der Waals surface area contributed by atoms with Crippen molar-refractivity contribution < 1.29 is 14.3 Å². The van der Waals surface area contributed by atoms with Crippen molar-refractivity contribution in [3.63, 3.8) is 0 Å². The average Bonchev–Trinajstić information content (AvgIpc) is 2.16. The van der Waals surface area contributed by atoms with Crippen molar-refractivity contribution in [1.82, 2.24) is 5.32 Å². The number of hydrogen-bond donors (Lipinski definition) is 1. The first-order valence-corrected chi connectivity index (χ1v) is 6.10. The molecule has 1 atom stereocenters. The normalized spacial score (nSPS) is 33.6. The molecular weight excluding hydrogens is 206 g/mol. The molecule has 4 nitrogen and oxygen atoms in total. The van der Waals surface area contributed by atoms with Gasteiger partial charge in [0.2, 0.25) is 0 Å². The number of carbonyl (C=O) groups is 1. The Kier molecular flexibility index (Phi) is 3.10. The van der Waals surface area contributed by atoms with Gasteiger partial charge in [0.1, 0.15) is 5.60 Å². The molecule has 4 heteroatoms. The highest BCUT2D eigenvalue weighted by Crippen LogP contribution is 2.33. The lowest BCUT2D eigenvalue weighted by Gasteiger charge is -2.42. The van der Waals surface area contributed by atoms with E-state index in [0.717, 1.165) is 12.8 Å².